The number of hydrogen-bond acceptors (Lipinski definition) is 3. The largest absolute Gasteiger partial charge is 0.508 e. The van der Waals surface area contributed by atoms with Gasteiger partial charge in [0.1, 0.15) is 11.5 Å². The van der Waals surface area contributed by atoms with Gasteiger partial charge in [-0.3, -0.25) is 0 Å². The predicted molar refractivity (Wildman–Crippen MR) is 81.8 cm³/mol. The Bertz CT molecular complexity index is 807. The second kappa shape index (κ2) is 5.29. The van der Waals surface area contributed by atoms with Gasteiger partial charge < -0.3 is 9.84 Å². The number of para-hydroxylation sites is 1. The Morgan fingerprint density at radius 2 is 1.71 bits per heavy atom. The smallest absolute Gasteiger partial charge is 0.343 e. The summed E-state index contributed by atoms with van der Waals surface area (Å²) in [5, 5.41) is 11.5. The van der Waals surface area contributed by atoms with Crippen LogP contribution in [0.1, 0.15) is 15.9 Å². The lowest BCUT2D eigenvalue weighted by Gasteiger charge is -2.07. The summed E-state index contributed by atoms with van der Waals surface area (Å²) in [5.41, 5.74) is 1.26. The molecule has 0 aliphatic heterocycles. The number of phenolic OH excluding ortho intramolecular Hbond substituents is 1. The lowest BCUT2D eigenvalue weighted by Crippen LogP contribution is -2.08. The zero-order chi connectivity index (χ0) is 14.8. The highest BCUT2D eigenvalue weighted by atomic mass is 16.5. The van der Waals surface area contributed by atoms with Crippen molar-refractivity contribution in [2.75, 3.05) is 0 Å². The summed E-state index contributed by atoms with van der Waals surface area (Å²) in [6.45, 7) is 1.82. The first-order valence-corrected chi connectivity index (χ1v) is 6.64. The molecular weight excluding hydrogens is 264 g/mol. The van der Waals surface area contributed by atoms with Gasteiger partial charge in [-0.15, -0.1) is 0 Å². The second-order valence-electron chi connectivity index (χ2n) is 4.90. The molecule has 0 aliphatic rings. The fourth-order valence-electron chi connectivity index (χ4n) is 2.18. The molecule has 1 N–H and O–H groups in total. The molecule has 0 aliphatic carbocycles. The lowest BCUT2D eigenvalue weighted by molar-refractivity contribution is 0.0735. The van der Waals surface area contributed by atoms with Crippen LogP contribution < -0.4 is 4.74 Å². The normalized spacial score (nSPS) is 10.5. The van der Waals surface area contributed by atoms with Crippen LogP contribution in [-0.2, 0) is 0 Å². The molecule has 104 valence electrons. The first-order valence-electron chi connectivity index (χ1n) is 6.64. The van der Waals surface area contributed by atoms with Crippen molar-refractivity contribution in [2.24, 2.45) is 0 Å². The minimum atomic E-state index is -0.395. The molecule has 21 heavy (non-hydrogen) atoms. The average Bonchev–Trinajstić information content (AvgIpc) is 2.49. The fraction of sp³-hybridized carbons (Fsp3) is 0.0556. The highest BCUT2D eigenvalue weighted by Crippen LogP contribution is 2.25. The number of esters is 1. The van der Waals surface area contributed by atoms with Gasteiger partial charge in [-0.05, 0) is 59.7 Å². The van der Waals surface area contributed by atoms with E-state index in [1.165, 1.54) is 0 Å². The van der Waals surface area contributed by atoms with E-state index in [1.807, 2.05) is 31.2 Å². The van der Waals surface area contributed by atoms with Gasteiger partial charge in [-0.1, -0.05) is 24.3 Å². The highest BCUT2D eigenvalue weighted by molar-refractivity contribution is 5.97. The molecule has 0 unspecified atom stereocenters. The summed E-state index contributed by atoms with van der Waals surface area (Å²) in [6, 6.07) is 17.8. The van der Waals surface area contributed by atoms with Crippen LogP contribution in [0.15, 0.2) is 60.7 Å². The predicted octanol–water partition coefficient (Wildman–Crippen LogP) is 4.07. The number of rotatable bonds is 2. The number of aryl methyl sites for hydroxylation is 1. The zero-order valence-electron chi connectivity index (χ0n) is 11.5. The molecule has 0 spiro atoms. The number of fused-ring (bicyclic) bond motifs is 1. The summed E-state index contributed by atoms with van der Waals surface area (Å²) in [7, 11) is 0. The summed E-state index contributed by atoms with van der Waals surface area (Å²) in [4.78, 5) is 12.1. The van der Waals surface area contributed by atoms with Crippen molar-refractivity contribution in [3.05, 3.63) is 71.8 Å². The van der Waals surface area contributed by atoms with E-state index in [2.05, 4.69) is 0 Å². The van der Waals surface area contributed by atoms with Gasteiger partial charge in [0.2, 0.25) is 0 Å². The van der Waals surface area contributed by atoms with Gasteiger partial charge in [-0.2, -0.15) is 0 Å². The number of aromatic hydroxyl groups is 1. The maximum atomic E-state index is 12.1. The summed E-state index contributed by atoms with van der Waals surface area (Å²) >= 11 is 0. The Kier molecular flexibility index (Phi) is 3.32. The zero-order valence-corrected chi connectivity index (χ0v) is 11.5. The van der Waals surface area contributed by atoms with Gasteiger partial charge in [-0.25, -0.2) is 4.79 Å². The van der Waals surface area contributed by atoms with Gasteiger partial charge in [0.25, 0.3) is 0 Å². The maximum Gasteiger partial charge on any atom is 0.343 e. The average molecular weight is 278 g/mol. The molecule has 0 aromatic heterocycles. The number of ether oxygens (including phenoxy) is 1. The summed E-state index contributed by atoms with van der Waals surface area (Å²) < 4.78 is 5.31. The molecule has 3 rings (SSSR count). The molecule has 0 amide bonds. The molecule has 3 aromatic rings. The van der Waals surface area contributed by atoms with Crippen LogP contribution in [0.3, 0.4) is 0 Å². The van der Waals surface area contributed by atoms with Gasteiger partial charge >= 0.3 is 5.97 Å². The van der Waals surface area contributed by atoms with E-state index >= 15 is 0 Å². The molecule has 0 saturated carbocycles. The topological polar surface area (TPSA) is 46.5 Å². The van der Waals surface area contributed by atoms with Crippen LogP contribution in [0.2, 0.25) is 0 Å². The van der Waals surface area contributed by atoms with Crippen molar-refractivity contribution in [1.29, 1.82) is 0 Å². The van der Waals surface area contributed by atoms with E-state index < -0.39 is 5.97 Å². The molecule has 0 radical (unpaired) electrons. The quantitative estimate of drug-likeness (QED) is 0.567. The van der Waals surface area contributed by atoms with Gasteiger partial charge in [0, 0.05) is 0 Å². The van der Waals surface area contributed by atoms with Crippen LogP contribution in [-0.4, -0.2) is 11.1 Å². The Morgan fingerprint density at radius 1 is 0.952 bits per heavy atom. The minimum Gasteiger partial charge on any atom is -0.508 e. The van der Waals surface area contributed by atoms with Crippen molar-refractivity contribution in [2.45, 2.75) is 6.92 Å². The van der Waals surface area contributed by atoms with Crippen LogP contribution in [0, 0.1) is 6.92 Å². The van der Waals surface area contributed by atoms with E-state index in [9.17, 15) is 9.90 Å². The molecule has 0 atom stereocenters. The Labute approximate surface area is 122 Å². The molecule has 0 heterocycles. The number of phenols is 1. The molecular formula is C18H14O3. The maximum absolute atomic E-state index is 12.1. The molecule has 3 aromatic carbocycles. The summed E-state index contributed by atoms with van der Waals surface area (Å²) in [5.74, 6) is 0.375. The number of benzene rings is 3. The third-order valence-electron chi connectivity index (χ3n) is 3.34. The fourth-order valence-corrected chi connectivity index (χ4v) is 2.18. The Morgan fingerprint density at radius 3 is 2.48 bits per heavy atom. The van der Waals surface area contributed by atoms with Gasteiger partial charge in [0.15, 0.2) is 0 Å². The lowest BCUT2D eigenvalue weighted by atomic mass is 10.0. The molecule has 3 nitrogen and oxygen atoms in total. The van der Waals surface area contributed by atoms with Crippen LogP contribution in [0.4, 0.5) is 0 Å². The third-order valence-corrected chi connectivity index (χ3v) is 3.34. The Hall–Kier alpha value is -2.81. The van der Waals surface area contributed by atoms with E-state index in [-0.39, 0.29) is 5.75 Å². The van der Waals surface area contributed by atoms with Crippen LogP contribution in [0.5, 0.6) is 11.5 Å². The van der Waals surface area contributed by atoms with Crippen molar-refractivity contribution in [1.82, 2.24) is 0 Å². The van der Waals surface area contributed by atoms with Crippen molar-refractivity contribution in [3.63, 3.8) is 0 Å². The molecule has 3 heteroatoms. The van der Waals surface area contributed by atoms with E-state index in [1.54, 1.807) is 36.4 Å². The Balaban J connectivity index is 1.93. The first kappa shape index (κ1) is 13.2. The van der Waals surface area contributed by atoms with E-state index in [0.717, 1.165) is 16.3 Å². The van der Waals surface area contributed by atoms with Gasteiger partial charge in [0.05, 0.1) is 5.56 Å². The van der Waals surface area contributed by atoms with Crippen molar-refractivity contribution >= 4 is 16.7 Å². The standard InChI is InChI=1S/C18H14O3/c1-12-9-15-10-14(8-7-13(15)11-17(12)19)18(20)21-16-5-3-2-4-6-16/h2-11,19H,1H3. The number of carbonyl (C=O) groups excluding carboxylic acids is 1. The highest BCUT2D eigenvalue weighted by Gasteiger charge is 2.10. The van der Waals surface area contributed by atoms with Crippen LogP contribution >= 0.6 is 0 Å². The van der Waals surface area contributed by atoms with E-state index in [4.69, 9.17) is 4.74 Å². The molecule has 0 saturated heterocycles. The van der Waals surface area contributed by atoms with E-state index in [0.29, 0.717) is 11.3 Å². The summed E-state index contributed by atoms with van der Waals surface area (Å²) in [6.07, 6.45) is 0. The van der Waals surface area contributed by atoms with Crippen LogP contribution in [0.25, 0.3) is 10.8 Å². The molecule has 0 fully saturated rings. The first-order chi connectivity index (χ1) is 10.1. The molecule has 0 bridgehead atoms. The van der Waals surface area contributed by atoms with Crippen molar-refractivity contribution < 1.29 is 14.6 Å². The third kappa shape index (κ3) is 2.72. The number of carbonyl (C=O) groups is 1. The second-order valence-corrected chi connectivity index (χ2v) is 4.90. The SMILES string of the molecule is Cc1cc2cc(C(=O)Oc3ccccc3)ccc2cc1O. The monoisotopic (exact) mass is 278 g/mol. The minimum absolute atomic E-state index is 0.252. The number of hydrogen-bond donors (Lipinski definition) is 1. The van der Waals surface area contributed by atoms with Crippen molar-refractivity contribution in [3.8, 4) is 11.5 Å².